The van der Waals surface area contributed by atoms with Crippen LogP contribution in [0.3, 0.4) is 0 Å². The van der Waals surface area contributed by atoms with Gasteiger partial charge in [-0.1, -0.05) is 0 Å². The molecule has 0 aliphatic heterocycles. The second kappa shape index (κ2) is 8.44. The fourth-order valence-corrected chi connectivity index (χ4v) is 3.53. The number of aromatic nitrogens is 4. The zero-order chi connectivity index (χ0) is 20.3. The maximum atomic E-state index is 12.9. The number of nitrogens with two attached hydrogens (primary N) is 1. The van der Waals surface area contributed by atoms with Crippen LogP contribution in [-0.2, 0) is 13.0 Å². The van der Waals surface area contributed by atoms with Crippen molar-refractivity contribution in [3.63, 3.8) is 0 Å². The summed E-state index contributed by atoms with van der Waals surface area (Å²) >= 11 is 1.48. The van der Waals surface area contributed by atoms with Crippen molar-refractivity contribution in [2.45, 2.75) is 13.0 Å². The maximum absolute atomic E-state index is 12.9. The van der Waals surface area contributed by atoms with Crippen LogP contribution in [0.1, 0.15) is 10.7 Å². The minimum absolute atomic E-state index is 0.175. The highest BCUT2D eigenvalue weighted by molar-refractivity contribution is 7.10. The van der Waals surface area contributed by atoms with E-state index in [1.807, 2.05) is 42.6 Å². The lowest BCUT2D eigenvalue weighted by Gasteiger charge is -2.10. The summed E-state index contributed by atoms with van der Waals surface area (Å²) in [6.07, 6.45) is -0.221. The molecule has 28 heavy (non-hydrogen) atoms. The van der Waals surface area contributed by atoms with Crippen LogP contribution in [0, 0.1) is 0 Å². The predicted octanol–water partition coefficient (Wildman–Crippen LogP) is 2.46. The van der Waals surface area contributed by atoms with Crippen molar-refractivity contribution in [2.75, 3.05) is 25.5 Å². The van der Waals surface area contributed by atoms with Crippen molar-refractivity contribution in [3.05, 3.63) is 62.6 Å². The molecule has 0 spiro atoms. The molecule has 3 heterocycles. The highest BCUT2D eigenvalue weighted by Gasteiger charge is 2.15. The average molecular weight is 406 g/mol. The van der Waals surface area contributed by atoms with Crippen LogP contribution in [0.4, 0.5) is 14.6 Å². The summed E-state index contributed by atoms with van der Waals surface area (Å²) in [7, 11) is 3.84. The molecular weight excluding hydrogens is 386 g/mol. The van der Waals surface area contributed by atoms with Crippen LogP contribution in [0.25, 0.3) is 11.1 Å². The number of rotatable bonds is 7. The zero-order valence-corrected chi connectivity index (χ0v) is 16.3. The summed E-state index contributed by atoms with van der Waals surface area (Å²) in [6, 6.07) is 5.86. The molecule has 3 N–H and O–H groups in total. The van der Waals surface area contributed by atoms with Gasteiger partial charge in [-0.25, -0.2) is 14.9 Å². The average Bonchev–Trinajstić information content (AvgIpc) is 3.28. The summed E-state index contributed by atoms with van der Waals surface area (Å²) in [5.41, 5.74) is 6.61. The Morgan fingerprint density at radius 1 is 1.32 bits per heavy atom. The van der Waals surface area contributed by atoms with E-state index in [1.54, 1.807) is 6.20 Å². The Kier molecular flexibility index (Phi) is 6.00. The van der Waals surface area contributed by atoms with Gasteiger partial charge in [-0.2, -0.15) is 13.9 Å². The molecular formula is C18H20F2N6OS. The van der Waals surface area contributed by atoms with Gasteiger partial charge in [0.1, 0.15) is 11.6 Å². The van der Waals surface area contributed by atoms with E-state index < -0.39 is 11.8 Å². The van der Waals surface area contributed by atoms with Gasteiger partial charge in [0.25, 0.3) is 6.08 Å². The second-order valence-electron chi connectivity index (χ2n) is 6.38. The number of hydrogen-bond acceptors (Lipinski definition) is 6. The number of halogens is 2. The zero-order valence-electron chi connectivity index (χ0n) is 15.4. The third-order valence-electron chi connectivity index (χ3n) is 4.23. The van der Waals surface area contributed by atoms with Gasteiger partial charge in [0.05, 0.1) is 6.54 Å². The minimum atomic E-state index is -1.84. The molecule has 0 fully saturated rings. The number of nitrogens with zero attached hydrogens (tertiary/aromatic N) is 4. The molecule has 3 aromatic heterocycles. The van der Waals surface area contributed by atoms with Gasteiger partial charge in [0, 0.05) is 49.3 Å². The van der Waals surface area contributed by atoms with Crippen LogP contribution < -0.4 is 16.3 Å². The van der Waals surface area contributed by atoms with Gasteiger partial charge in [-0.05, 0) is 29.1 Å². The van der Waals surface area contributed by atoms with Crippen molar-refractivity contribution >= 4 is 17.2 Å². The van der Waals surface area contributed by atoms with Crippen molar-refractivity contribution in [1.29, 1.82) is 0 Å². The molecule has 148 valence electrons. The van der Waals surface area contributed by atoms with Gasteiger partial charge in [-0.3, -0.25) is 4.57 Å². The molecule has 0 unspecified atom stereocenters. The van der Waals surface area contributed by atoms with E-state index in [4.69, 9.17) is 5.73 Å². The molecule has 3 aromatic rings. The maximum Gasteiger partial charge on any atom is 0.343 e. The Bertz CT molecular complexity index is 1030. The predicted molar refractivity (Wildman–Crippen MR) is 106 cm³/mol. The molecule has 0 amide bonds. The van der Waals surface area contributed by atoms with E-state index in [-0.39, 0.29) is 30.9 Å². The Morgan fingerprint density at radius 3 is 2.71 bits per heavy atom. The fraction of sp³-hybridized carbons (Fsp3) is 0.278. The van der Waals surface area contributed by atoms with E-state index in [1.165, 1.54) is 15.9 Å². The lowest BCUT2D eigenvalue weighted by Crippen LogP contribution is -2.20. The van der Waals surface area contributed by atoms with Crippen molar-refractivity contribution in [2.24, 2.45) is 5.73 Å². The Balaban J connectivity index is 1.81. The van der Waals surface area contributed by atoms with Crippen molar-refractivity contribution in [3.8, 4) is 11.1 Å². The lowest BCUT2D eigenvalue weighted by molar-refractivity contribution is 0.407. The molecule has 0 saturated heterocycles. The molecule has 0 saturated carbocycles. The van der Waals surface area contributed by atoms with E-state index in [0.29, 0.717) is 0 Å². The number of nitrogens with one attached hydrogen (secondary N) is 1. The molecule has 0 bridgehead atoms. The van der Waals surface area contributed by atoms with E-state index >= 15 is 0 Å². The van der Waals surface area contributed by atoms with Crippen LogP contribution >= 0.6 is 11.3 Å². The minimum Gasteiger partial charge on any atom is -0.363 e. The van der Waals surface area contributed by atoms with Gasteiger partial charge >= 0.3 is 5.69 Å². The largest absolute Gasteiger partial charge is 0.363 e. The summed E-state index contributed by atoms with van der Waals surface area (Å²) < 4.78 is 27.1. The standard InChI is InChI=1S/C18H20F2N6OS/c1-25(2)15-4-3-11(8-22-15)13-5-14(28-10-13)9-26-16(23-24-18(26)27)6-12(7-21)17(19)20/h3-5,8,10H,6-7,9,21H2,1-2H3,(H,24,27). The van der Waals surface area contributed by atoms with Gasteiger partial charge in [0.2, 0.25) is 0 Å². The highest BCUT2D eigenvalue weighted by Crippen LogP contribution is 2.26. The molecule has 0 aliphatic carbocycles. The quantitative estimate of drug-likeness (QED) is 0.629. The first-order valence-corrected chi connectivity index (χ1v) is 9.35. The number of anilines is 1. The monoisotopic (exact) mass is 406 g/mol. The first-order chi connectivity index (χ1) is 13.4. The fourth-order valence-electron chi connectivity index (χ4n) is 2.65. The molecule has 0 radical (unpaired) electrons. The molecule has 0 aliphatic rings. The SMILES string of the molecule is CN(C)c1ccc(-c2csc(Cn3c(CC(CN)=C(F)F)n[nH]c3=O)c2)cn1. The number of pyridine rings is 1. The van der Waals surface area contributed by atoms with E-state index in [2.05, 4.69) is 15.2 Å². The second-order valence-corrected chi connectivity index (χ2v) is 7.37. The van der Waals surface area contributed by atoms with Crippen molar-refractivity contribution in [1.82, 2.24) is 19.7 Å². The topological polar surface area (TPSA) is 92.8 Å². The number of H-pyrrole nitrogens is 1. The van der Waals surface area contributed by atoms with Gasteiger partial charge < -0.3 is 10.6 Å². The Morgan fingerprint density at radius 2 is 2.11 bits per heavy atom. The third kappa shape index (κ3) is 4.34. The molecule has 3 rings (SSSR count). The molecule has 10 heteroatoms. The lowest BCUT2D eigenvalue weighted by atomic mass is 10.1. The van der Waals surface area contributed by atoms with Crippen LogP contribution in [-0.4, -0.2) is 40.4 Å². The first-order valence-electron chi connectivity index (χ1n) is 8.47. The smallest absolute Gasteiger partial charge is 0.343 e. The normalized spacial score (nSPS) is 10.9. The van der Waals surface area contributed by atoms with Gasteiger partial charge in [0.15, 0.2) is 0 Å². The molecule has 7 nitrogen and oxygen atoms in total. The molecule has 0 aromatic carbocycles. The third-order valence-corrected chi connectivity index (χ3v) is 5.15. The van der Waals surface area contributed by atoms with E-state index in [9.17, 15) is 13.6 Å². The number of aromatic amines is 1. The molecule has 0 atom stereocenters. The highest BCUT2D eigenvalue weighted by atomic mass is 32.1. The van der Waals surface area contributed by atoms with Crippen molar-refractivity contribution < 1.29 is 8.78 Å². The van der Waals surface area contributed by atoms with Crippen LogP contribution in [0.5, 0.6) is 0 Å². The summed E-state index contributed by atoms with van der Waals surface area (Å²) in [5.74, 6) is 1.09. The number of hydrogen-bond donors (Lipinski definition) is 2. The summed E-state index contributed by atoms with van der Waals surface area (Å²) in [6.45, 7) is -0.0488. The summed E-state index contributed by atoms with van der Waals surface area (Å²) in [5, 5.41) is 8.16. The van der Waals surface area contributed by atoms with Gasteiger partial charge in [-0.15, -0.1) is 11.3 Å². The first kappa shape index (κ1) is 19.9. The summed E-state index contributed by atoms with van der Waals surface area (Å²) in [4.78, 5) is 19.3. The number of thiophene rings is 1. The van der Waals surface area contributed by atoms with E-state index in [0.717, 1.165) is 21.8 Å². The van der Waals surface area contributed by atoms with Crippen LogP contribution in [0.15, 0.2) is 46.2 Å². The Hall–Kier alpha value is -2.85. The van der Waals surface area contributed by atoms with Crippen LogP contribution in [0.2, 0.25) is 0 Å². The Labute approximate surface area is 164 Å².